The van der Waals surface area contributed by atoms with E-state index in [0.29, 0.717) is 30.9 Å². The van der Waals surface area contributed by atoms with E-state index in [1.54, 1.807) is 24.3 Å². The number of benzene rings is 1. The first kappa shape index (κ1) is 23.2. The van der Waals surface area contributed by atoms with Gasteiger partial charge in [0.2, 0.25) is 5.91 Å². The van der Waals surface area contributed by atoms with Crippen molar-refractivity contribution >= 4 is 24.2 Å². The van der Waals surface area contributed by atoms with Gasteiger partial charge in [-0.25, -0.2) is 0 Å². The second kappa shape index (κ2) is 11.7. The van der Waals surface area contributed by atoms with Crippen molar-refractivity contribution in [3.63, 3.8) is 0 Å². The van der Waals surface area contributed by atoms with E-state index in [2.05, 4.69) is 10.6 Å². The Hall–Kier alpha value is -1.79. The highest BCUT2D eigenvalue weighted by molar-refractivity contribution is 5.97. The first-order valence-electron chi connectivity index (χ1n) is 8.42. The molecule has 0 saturated carbocycles. The highest BCUT2D eigenvalue weighted by Crippen LogP contribution is 2.13. The van der Waals surface area contributed by atoms with Crippen LogP contribution in [0.3, 0.4) is 0 Å². The summed E-state index contributed by atoms with van der Waals surface area (Å²) in [6, 6.07) is 6.30. The fourth-order valence-corrected chi connectivity index (χ4v) is 2.16. The minimum Gasteiger partial charge on any atom is -0.494 e. The summed E-state index contributed by atoms with van der Waals surface area (Å²) in [5.74, 6) is 0.221. The highest BCUT2D eigenvalue weighted by Gasteiger charge is 2.24. The standard InChI is InChI=1S/C18H29N3O3.ClH/c1-5-24-15-8-6-14(7-9-15)17(22)21-16(12(2)3)18(23)20-11-10-13(4)19;/h6-9,12-13,16H,5,10-11,19H2,1-4H3,(H,20,23)(H,21,22);1H. The van der Waals surface area contributed by atoms with Crippen molar-refractivity contribution < 1.29 is 14.3 Å². The van der Waals surface area contributed by atoms with E-state index in [9.17, 15) is 9.59 Å². The number of rotatable bonds is 9. The van der Waals surface area contributed by atoms with Crippen LogP contribution in [0.1, 0.15) is 44.5 Å². The Morgan fingerprint density at radius 2 is 1.76 bits per heavy atom. The molecule has 25 heavy (non-hydrogen) atoms. The maximum atomic E-state index is 12.4. The first-order valence-corrected chi connectivity index (χ1v) is 8.42. The van der Waals surface area contributed by atoms with Crippen molar-refractivity contribution in [3.8, 4) is 5.75 Å². The van der Waals surface area contributed by atoms with Crippen LogP contribution in [-0.4, -0.2) is 37.0 Å². The van der Waals surface area contributed by atoms with Crippen molar-refractivity contribution in [2.45, 2.75) is 46.2 Å². The molecule has 0 saturated heterocycles. The van der Waals surface area contributed by atoms with E-state index < -0.39 is 6.04 Å². The number of hydrogen-bond donors (Lipinski definition) is 3. The van der Waals surface area contributed by atoms with Gasteiger partial charge in [0.1, 0.15) is 11.8 Å². The summed E-state index contributed by atoms with van der Waals surface area (Å²) >= 11 is 0. The molecule has 2 atom stereocenters. The molecule has 0 aliphatic rings. The van der Waals surface area contributed by atoms with Gasteiger partial charge in [-0.05, 0) is 50.5 Å². The molecule has 7 heteroatoms. The molecule has 0 heterocycles. The molecule has 0 aliphatic heterocycles. The number of nitrogens with one attached hydrogen (secondary N) is 2. The van der Waals surface area contributed by atoms with Crippen molar-refractivity contribution in [1.29, 1.82) is 0 Å². The zero-order valence-electron chi connectivity index (χ0n) is 15.4. The third-order valence-electron chi connectivity index (χ3n) is 3.56. The molecule has 0 bridgehead atoms. The second-order valence-electron chi connectivity index (χ2n) is 6.21. The molecule has 0 spiro atoms. The molecule has 1 aromatic rings. The average molecular weight is 372 g/mol. The molecule has 6 nitrogen and oxygen atoms in total. The van der Waals surface area contributed by atoms with Gasteiger partial charge in [0.15, 0.2) is 0 Å². The Balaban J connectivity index is 0.00000576. The lowest BCUT2D eigenvalue weighted by molar-refractivity contribution is -0.123. The van der Waals surface area contributed by atoms with Crippen LogP contribution < -0.4 is 21.1 Å². The zero-order chi connectivity index (χ0) is 18.1. The van der Waals surface area contributed by atoms with Crippen LogP contribution in [0.5, 0.6) is 5.75 Å². The summed E-state index contributed by atoms with van der Waals surface area (Å²) in [7, 11) is 0. The fraction of sp³-hybridized carbons (Fsp3) is 0.556. The molecule has 0 aromatic heterocycles. The quantitative estimate of drug-likeness (QED) is 0.619. The summed E-state index contributed by atoms with van der Waals surface area (Å²) in [6.07, 6.45) is 0.698. The molecular weight excluding hydrogens is 342 g/mol. The van der Waals surface area contributed by atoms with Crippen LogP contribution in [0.2, 0.25) is 0 Å². The molecule has 4 N–H and O–H groups in total. The predicted molar refractivity (Wildman–Crippen MR) is 102 cm³/mol. The van der Waals surface area contributed by atoms with Gasteiger partial charge in [0, 0.05) is 18.2 Å². The SMILES string of the molecule is CCOc1ccc(C(=O)NC(C(=O)NCCC(C)N)C(C)C)cc1.Cl. The Kier molecular flexibility index (Phi) is 10.9. The molecule has 2 unspecified atom stereocenters. The third-order valence-corrected chi connectivity index (χ3v) is 3.56. The molecule has 1 rings (SSSR count). The van der Waals surface area contributed by atoms with Crippen molar-refractivity contribution in [1.82, 2.24) is 10.6 Å². The van der Waals surface area contributed by atoms with Gasteiger partial charge in [0.05, 0.1) is 6.61 Å². The van der Waals surface area contributed by atoms with Gasteiger partial charge < -0.3 is 21.1 Å². The van der Waals surface area contributed by atoms with E-state index in [-0.39, 0.29) is 36.2 Å². The van der Waals surface area contributed by atoms with E-state index in [0.717, 1.165) is 0 Å². The van der Waals surface area contributed by atoms with Gasteiger partial charge >= 0.3 is 0 Å². The molecule has 1 aromatic carbocycles. The lowest BCUT2D eigenvalue weighted by Gasteiger charge is -2.22. The minimum absolute atomic E-state index is 0. The second-order valence-corrected chi connectivity index (χ2v) is 6.21. The van der Waals surface area contributed by atoms with Gasteiger partial charge in [-0.1, -0.05) is 13.8 Å². The normalized spacial score (nSPS) is 12.7. The van der Waals surface area contributed by atoms with E-state index in [1.807, 2.05) is 27.7 Å². The van der Waals surface area contributed by atoms with Crippen LogP contribution in [-0.2, 0) is 4.79 Å². The van der Waals surface area contributed by atoms with Crippen LogP contribution in [0.15, 0.2) is 24.3 Å². The van der Waals surface area contributed by atoms with Gasteiger partial charge in [-0.3, -0.25) is 9.59 Å². The van der Waals surface area contributed by atoms with Gasteiger partial charge in [0.25, 0.3) is 5.91 Å². The summed E-state index contributed by atoms with van der Waals surface area (Å²) in [4.78, 5) is 24.6. The molecule has 2 amide bonds. The van der Waals surface area contributed by atoms with Crippen molar-refractivity contribution in [3.05, 3.63) is 29.8 Å². The van der Waals surface area contributed by atoms with Gasteiger partial charge in [-0.15, -0.1) is 12.4 Å². The number of halogens is 1. The van der Waals surface area contributed by atoms with E-state index in [1.165, 1.54) is 0 Å². The number of ether oxygens (including phenoxy) is 1. The van der Waals surface area contributed by atoms with Crippen molar-refractivity contribution in [2.75, 3.05) is 13.2 Å². The monoisotopic (exact) mass is 371 g/mol. The van der Waals surface area contributed by atoms with E-state index in [4.69, 9.17) is 10.5 Å². The number of carbonyl (C=O) groups excluding carboxylic acids is 2. The topological polar surface area (TPSA) is 93.4 Å². The Labute approximate surface area is 156 Å². The largest absolute Gasteiger partial charge is 0.494 e. The molecule has 0 fully saturated rings. The fourth-order valence-electron chi connectivity index (χ4n) is 2.16. The number of amides is 2. The van der Waals surface area contributed by atoms with Crippen LogP contribution in [0.25, 0.3) is 0 Å². The van der Waals surface area contributed by atoms with Crippen molar-refractivity contribution in [2.24, 2.45) is 11.7 Å². The lowest BCUT2D eigenvalue weighted by Crippen LogP contribution is -2.50. The zero-order valence-corrected chi connectivity index (χ0v) is 16.2. The Morgan fingerprint density at radius 1 is 1.16 bits per heavy atom. The molecular formula is C18H30ClN3O3. The van der Waals surface area contributed by atoms with E-state index >= 15 is 0 Å². The number of carbonyl (C=O) groups is 2. The van der Waals surface area contributed by atoms with Crippen LogP contribution >= 0.6 is 12.4 Å². The van der Waals surface area contributed by atoms with Gasteiger partial charge in [-0.2, -0.15) is 0 Å². The minimum atomic E-state index is -0.586. The summed E-state index contributed by atoms with van der Waals surface area (Å²) in [5, 5.41) is 5.62. The molecule has 0 aliphatic carbocycles. The Bertz CT molecular complexity index is 533. The molecule has 0 radical (unpaired) electrons. The number of hydrogen-bond acceptors (Lipinski definition) is 4. The summed E-state index contributed by atoms with van der Waals surface area (Å²) in [6.45, 7) is 8.65. The summed E-state index contributed by atoms with van der Waals surface area (Å²) < 4.78 is 5.36. The third kappa shape index (κ3) is 8.23. The average Bonchev–Trinajstić information content (AvgIpc) is 2.52. The molecule has 142 valence electrons. The Morgan fingerprint density at radius 3 is 2.24 bits per heavy atom. The maximum absolute atomic E-state index is 12.4. The van der Waals surface area contributed by atoms with Crippen LogP contribution in [0.4, 0.5) is 0 Å². The summed E-state index contributed by atoms with van der Waals surface area (Å²) in [5.41, 5.74) is 6.17. The smallest absolute Gasteiger partial charge is 0.251 e. The maximum Gasteiger partial charge on any atom is 0.251 e. The lowest BCUT2D eigenvalue weighted by atomic mass is 10.0. The first-order chi connectivity index (χ1) is 11.3. The highest BCUT2D eigenvalue weighted by atomic mass is 35.5. The predicted octanol–water partition coefficient (Wildman–Crippen LogP) is 2.12. The van der Waals surface area contributed by atoms with Crippen LogP contribution in [0, 0.1) is 5.92 Å². The number of nitrogens with two attached hydrogens (primary N) is 1.